The van der Waals surface area contributed by atoms with Crippen molar-refractivity contribution in [1.29, 1.82) is 0 Å². The Morgan fingerprint density at radius 1 is 1.12 bits per heavy atom. The van der Waals surface area contributed by atoms with Gasteiger partial charge in [0.05, 0.1) is 11.3 Å². The molecule has 16 heteroatoms. The van der Waals surface area contributed by atoms with Crippen molar-refractivity contribution in [3.05, 3.63) is 49.9 Å². The van der Waals surface area contributed by atoms with Crippen LogP contribution >= 0.6 is 15.9 Å². The van der Waals surface area contributed by atoms with E-state index in [1.807, 2.05) is 0 Å². The molecule has 0 bridgehead atoms. The van der Waals surface area contributed by atoms with E-state index in [4.69, 9.17) is 4.74 Å². The molecule has 0 spiro atoms. The Bertz CT molecular complexity index is 1590. The quantitative estimate of drug-likeness (QED) is 0.405. The average molecular weight is 660 g/mol. The zero-order valence-corrected chi connectivity index (χ0v) is 25.2. The number of amides is 2. The molecule has 1 fully saturated rings. The van der Waals surface area contributed by atoms with Gasteiger partial charge in [-0.1, -0.05) is 6.92 Å². The van der Waals surface area contributed by atoms with Gasteiger partial charge in [-0.2, -0.15) is 22.7 Å². The van der Waals surface area contributed by atoms with Crippen molar-refractivity contribution in [1.82, 2.24) is 24.1 Å². The molecule has 42 heavy (non-hydrogen) atoms. The fourth-order valence-electron chi connectivity index (χ4n) is 4.72. The number of ether oxygens (including phenoxy) is 1. The Morgan fingerprint density at radius 3 is 2.33 bits per heavy atom. The molecule has 2 amide bonds. The highest BCUT2D eigenvalue weighted by Crippen LogP contribution is 2.34. The minimum atomic E-state index is -4.88. The number of piperazine rings is 1. The van der Waals surface area contributed by atoms with E-state index in [0.717, 1.165) is 17.5 Å². The van der Waals surface area contributed by atoms with E-state index in [1.54, 1.807) is 37.5 Å². The van der Waals surface area contributed by atoms with Gasteiger partial charge in [0.2, 0.25) is 16.4 Å². The van der Waals surface area contributed by atoms with Crippen molar-refractivity contribution in [3.63, 3.8) is 0 Å². The number of carbonyl (C=O) groups is 2. The molecule has 3 heterocycles. The molecule has 1 aliphatic heterocycles. The molecular weight excluding hydrogens is 630 g/mol. The highest BCUT2D eigenvalue weighted by Gasteiger charge is 2.35. The Hall–Kier alpha value is -3.69. The van der Waals surface area contributed by atoms with Gasteiger partial charge in [0.1, 0.15) is 23.7 Å². The summed E-state index contributed by atoms with van der Waals surface area (Å²) in [6.45, 7) is 9.03. The normalized spacial score (nSPS) is 14.4. The van der Waals surface area contributed by atoms with Gasteiger partial charge in [0.15, 0.2) is 0 Å². The molecule has 1 N–H and O–H groups in total. The van der Waals surface area contributed by atoms with E-state index in [-0.39, 0.29) is 40.5 Å². The third kappa shape index (κ3) is 6.37. The van der Waals surface area contributed by atoms with Crippen LogP contribution in [0.15, 0.2) is 21.7 Å². The maximum atomic E-state index is 14.5. The van der Waals surface area contributed by atoms with Crippen LogP contribution in [-0.4, -0.2) is 67.8 Å². The summed E-state index contributed by atoms with van der Waals surface area (Å²) in [6.07, 6.45) is -5.04. The number of fused-ring (bicyclic) bond motifs is 1. The molecule has 0 aliphatic carbocycles. The predicted octanol–water partition coefficient (Wildman–Crippen LogP) is 4.38. The lowest BCUT2D eigenvalue weighted by atomic mass is 10.1. The van der Waals surface area contributed by atoms with Crippen LogP contribution in [0.25, 0.3) is 5.78 Å². The molecular formula is C26H30BrF4N7O4. The second-order valence-electron chi connectivity index (χ2n) is 10.7. The molecule has 228 valence electrons. The number of benzene rings is 1. The minimum absolute atomic E-state index is 0.0605. The molecule has 1 aliphatic rings. The van der Waals surface area contributed by atoms with E-state index in [0.29, 0.717) is 31.3 Å². The van der Waals surface area contributed by atoms with E-state index in [2.05, 4.69) is 31.3 Å². The first-order chi connectivity index (χ1) is 19.5. The Labute approximate surface area is 246 Å². The van der Waals surface area contributed by atoms with Gasteiger partial charge in [-0.15, -0.1) is 5.10 Å². The van der Waals surface area contributed by atoms with Crippen molar-refractivity contribution in [2.45, 2.75) is 59.4 Å². The van der Waals surface area contributed by atoms with Crippen LogP contribution in [0.5, 0.6) is 0 Å². The number of aromatic nitrogens is 4. The third-order valence-corrected chi connectivity index (χ3v) is 6.99. The summed E-state index contributed by atoms with van der Waals surface area (Å²) >= 11 is 3.17. The van der Waals surface area contributed by atoms with E-state index < -0.39 is 47.3 Å². The lowest BCUT2D eigenvalue weighted by molar-refractivity contribution is -0.140. The summed E-state index contributed by atoms with van der Waals surface area (Å²) < 4.78 is 61.8. The van der Waals surface area contributed by atoms with E-state index in [1.165, 1.54) is 4.57 Å². The third-order valence-electron chi connectivity index (χ3n) is 6.65. The molecule has 1 aromatic carbocycles. The van der Waals surface area contributed by atoms with Crippen LogP contribution in [0, 0.1) is 12.7 Å². The fourth-order valence-corrected chi connectivity index (χ4v) is 5.03. The summed E-state index contributed by atoms with van der Waals surface area (Å²) in [7, 11) is 0. The van der Waals surface area contributed by atoms with E-state index in [9.17, 15) is 31.9 Å². The van der Waals surface area contributed by atoms with Crippen molar-refractivity contribution in [3.8, 4) is 0 Å². The number of hydrogen-bond donors (Lipinski definition) is 1. The Kier molecular flexibility index (Phi) is 8.58. The molecule has 3 aromatic rings. The molecule has 2 aromatic heterocycles. The number of nitrogens with zero attached hydrogens (tertiary/aromatic N) is 6. The summed E-state index contributed by atoms with van der Waals surface area (Å²) in [6, 6.07) is 1.56. The highest BCUT2D eigenvalue weighted by molar-refractivity contribution is 9.10. The van der Waals surface area contributed by atoms with Crippen molar-refractivity contribution >= 4 is 45.1 Å². The number of halogens is 5. The number of nitrogens with one attached hydrogen (secondary N) is 1. The SMILES string of the molecule is CCc1c(N2CCN(C(=O)OC(C)(C)C)CC2)c(=O)n2nc(Br)nc2n1CC(=O)Nc1ccc(C(F)(F)F)c(F)c1C. The van der Waals surface area contributed by atoms with E-state index >= 15 is 0 Å². The molecule has 4 rings (SSSR count). The summed E-state index contributed by atoms with van der Waals surface area (Å²) in [5, 5.41) is 6.59. The zero-order chi connectivity index (χ0) is 31.1. The lowest BCUT2D eigenvalue weighted by Gasteiger charge is -2.37. The second-order valence-corrected chi connectivity index (χ2v) is 11.4. The smallest absolute Gasteiger partial charge is 0.419 e. The topological polar surface area (TPSA) is 114 Å². The van der Waals surface area contributed by atoms with Crippen LogP contribution in [-0.2, 0) is 28.7 Å². The molecule has 1 saturated heterocycles. The predicted molar refractivity (Wildman–Crippen MR) is 149 cm³/mol. The zero-order valence-electron chi connectivity index (χ0n) is 23.6. The first kappa shape index (κ1) is 31.3. The lowest BCUT2D eigenvalue weighted by Crippen LogP contribution is -2.51. The van der Waals surface area contributed by atoms with Crippen molar-refractivity contribution < 1.29 is 31.9 Å². The van der Waals surface area contributed by atoms with Crippen LogP contribution in [0.4, 0.5) is 33.7 Å². The Morgan fingerprint density at radius 2 is 1.76 bits per heavy atom. The number of anilines is 2. The molecule has 0 radical (unpaired) electrons. The first-order valence-electron chi connectivity index (χ1n) is 13.1. The Balaban J connectivity index is 1.66. The van der Waals surface area contributed by atoms with Crippen molar-refractivity contribution in [2.75, 3.05) is 36.4 Å². The summed E-state index contributed by atoms with van der Waals surface area (Å²) in [4.78, 5) is 46.9. The molecule has 11 nitrogen and oxygen atoms in total. The van der Waals surface area contributed by atoms with Gasteiger partial charge in [0, 0.05) is 37.4 Å². The van der Waals surface area contributed by atoms with Gasteiger partial charge in [-0.3, -0.25) is 9.59 Å². The van der Waals surface area contributed by atoms with Gasteiger partial charge in [-0.05, 0) is 62.2 Å². The summed E-state index contributed by atoms with van der Waals surface area (Å²) in [5.74, 6) is -2.10. The highest BCUT2D eigenvalue weighted by atomic mass is 79.9. The van der Waals surface area contributed by atoms with Gasteiger partial charge >= 0.3 is 12.3 Å². The largest absolute Gasteiger partial charge is 0.444 e. The fraction of sp³-hybridized carbons (Fsp3) is 0.500. The number of hydrogen-bond acceptors (Lipinski definition) is 7. The van der Waals surface area contributed by atoms with Crippen molar-refractivity contribution in [2.24, 2.45) is 0 Å². The van der Waals surface area contributed by atoms with Crippen LogP contribution in [0.1, 0.15) is 44.5 Å². The maximum Gasteiger partial charge on any atom is 0.419 e. The van der Waals surface area contributed by atoms with Crippen LogP contribution < -0.4 is 15.8 Å². The monoisotopic (exact) mass is 659 g/mol. The van der Waals surface area contributed by atoms with Crippen LogP contribution in [0.3, 0.4) is 0 Å². The number of rotatable bonds is 5. The van der Waals surface area contributed by atoms with Gasteiger partial charge in [0.25, 0.3) is 5.56 Å². The standard InChI is InChI=1S/C26H30BrF4N7O4/c1-6-17-20(35-9-11-36(12-10-35)24(41)42-25(3,4)5)21(40)38-23(33-22(27)34-38)37(17)13-18(39)32-16-8-7-15(26(29,30)31)19(28)14(16)2/h7-8H,6,9-13H2,1-5H3,(H,32,39). The first-order valence-corrected chi connectivity index (χ1v) is 13.9. The molecule has 0 atom stereocenters. The number of carbonyl (C=O) groups excluding carboxylic acids is 2. The van der Waals surface area contributed by atoms with Gasteiger partial charge < -0.3 is 24.4 Å². The minimum Gasteiger partial charge on any atom is -0.444 e. The maximum absolute atomic E-state index is 14.5. The van der Waals surface area contributed by atoms with Gasteiger partial charge in [-0.25, -0.2) is 9.18 Å². The molecule has 0 saturated carbocycles. The molecule has 0 unspecified atom stereocenters. The number of alkyl halides is 3. The second kappa shape index (κ2) is 11.5. The summed E-state index contributed by atoms with van der Waals surface area (Å²) in [5.41, 5.74) is -2.32. The average Bonchev–Trinajstić information content (AvgIpc) is 3.28. The van der Waals surface area contributed by atoms with Crippen LogP contribution in [0.2, 0.25) is 0 Å².